The lowest BCUT2D eigenvalue weighted by Crippen LogP contribution is -2.29. The topological polar surface area (TPSA) is 105 Å². The first-order valence-corrected chi connectivity index (χ1v) is 6.30. The molecule has 0 aliphatic heterocycles. The molecule has 0 rings (SSSR count). The van der Waals surface area contributed by atoms with Gasteiger partial charge in [0.25, 0.3) is 0 Å². The predicted octanol–water partition coefficient (Wildman–Crippen LogP) is 0.308. The first-order valence-electron chi connectivity index (χ1n) is 6.30. The van der Waals surface area contributed by atoms with E-state index in [0.717, 1.165) is 12.2 Å². The zero-order valence-corrected chi connectivity index (χ0v) is 12.4. The number of hydrogen-bond donors (Lipinski definition) is 0. The molecule has 0 aromatic heterocycles. The Bertz CT molecular complexity index is 412. The molecule has 0 saturated heterocycles. The Morgan fingerprint density at radius 1 is 0.818 bits per heavy atom. The highest BCUT2D eigenvalue weighted by Gasteiger charge is 2.21. The van der Waals surface area contributed by atoms with Crippen LogP contribution >= 0.6 is 0 Å². The SMILES string of the molecule is C=CC(=O)OC(C)COC(=O)C(=O)OCC(C)OC(=O)C=C. The standard InChI is InChI=1S/C14H18O8/c1-5-11(15)21-9(3)7-19-13(17)14(18)20-8-10(4)22-12(16)6-2/h5-6,9-10H,1-2,7-8H2,3-4H3. The van der Waals surface area contributed by atoms with E-state index in [1.807, 2.05) is 0 Å². The molecular weight excluding hydrogens is 296 g/mol. The van der Waals surface area contributed by atoms with Gasteiger partial charge in [-0.3, -0.25) is 0 Å². The number of ether oxygens (including phenoxy) is 4. The van der Waals surface area contributed by atoms with Gasteiger partial charge in [-0.15, -0.1) is 0 Å². The quantitative estimate of drug-likeness (QED) is 0.273. The van der Waals surface area contributed by atoms with E-state index in [1.54, 1.807) is 0 Å². The van der Waals surface area contributed by atoms with Crippen molar-refractivity contribution in [3.63, 3.8) is 0 Å². The first-order chi connectivity index (χ1) is 10.3. The molecule has 0 aliphatic carbocycles. The van der Waals surface area contributed by atoms with Crippen LogP contribution < -0.4 is 0 Å². The zero-order chi connectivity index (χ0) is 17.1. The molecule has 22 heavy (non-hydrogen) atoms. The van der Waals surface area contributed by atoms with Gasteiger partial charge in [-0.25, -0.2) is 19.2 Å². The predicted molar refractivity (Wildman–Crippen MR) is 73.4 cm³/mol. The van der Waals surface area contributed by atoms with Crippen LogP contribution in [0.1, 0.15) is 13.8 Å². The molecule has 0 heterocycles. The molecule has 0 bridgehead atoms. The van der Waals surface area contributed by atoms with Crippen molar-refractivity contribution in [2.45, 2.75) is 26.1 Å². The van der Waals surface area contributed by atoms with Crippen LogP contribution in [0, 0.1) is 0 Å². The van der Waals surface area contributed by atoms with E-state index < -0.39 is 36.1 Å². The smallest absolute Gasteiger partial charge is 0.417 e. The lowest BCUT2D eigenvalue weighted by Gasteiger charge is -2.13. The highest BCUT2D eigenvalue weighted by atomic mass is 16.6. The van der Waals surface area contributed by atoms with Gasteiger partial charge in [0.1, 0.15) is 25.4 Å². The molecule has 0 fully saturated rings. The van der Waals surface area contributed by atoms with Crippen LogP contribution in [0.2, 0.25) is 0 Å². The zero-order valence-electron chi connectivity index (χ0n) is 12.4. The van der Waals surface area contributed by atoms with E-state index in [2.05, 4.69) is 22.6 Å². The van der Waals surface area contributed by atoms with Crippen molar-refractivity contribution in [2.24, 2.45) is 0 Å². The Balaban J connectivity index is 4.04. The summed E-state index contributed by atoms with van der Waals surface area (Å²) in [7, 11) is 0. The van der Waals surface area contributed by atoms with Crippen molar-refractivity contribution in [1.29, 1.82) is 0 Å². The molecule has 0 saturated carbocycles. The minimum Gasteiger partial charge on any atom is -0.456 e. The maximum Gasteiger partial charge on any atom is 0.417 e. The summed E-state index contributed by atoms with van der Waals surface area (Å²) < 4.78 is 18.7. The fourth-order valence-corrected chi connectivity index (χ4v) is 1.06. The Morgan fingerprint density at radius 3 is 1.41 bits per heavy atom. The third-order valence-corrected chi connectivity index (χ3v) is 2.03. The van der Waals surface area contributed by atoms with Crippen molar-refractivity contribution in [1.82, 2.24) is 0 Å². The molecule has 0 aliphatic rings. The summed E-state index contributed by atoms with van der Waals surface area (Å²) in [6, 6.07) is 0. The molecule has 122 valence electrons. The molecule has 0 aromatic rings. The molecule has 2 unspecified atom stereocenters. The maximum atomic E-state index is 11.3. The van der Waals surface area contributed by atoms with Crippen LogP contribution in [0.25, 0.3) is 0 Å². The number of rotatable bonds is 8. The van der Waals surface area contributed by atoms with E-state index in [9.17, 15) is 19.2 Å². The third-order valence-electron chi connectivity index (χ3n) is 2.03. The van der Waals surface area contributed by atoms with Crippen molar-refractivity contribution < 1.29 is 38.1 Å². The van der Waals surface area contributed by atoms with E-state index in [-0.39, 0.29) is 13.2 Å². The largest absolute Gasteiger partial charge is 0.456 e. The normalized spacial score (nSPS) is 12.3. The molecule has 0 amide bonds. The van der Waals surface area contributed by atoms with Gasteiger partial charge in [0, 0.05) is 12.2 Å². The van der Waals surface area contributed by atoms with Gasteiger partial charge in [-0.1, -0.05) is 13.2 Å². The van der Waals surface area contributed by atoms with E-state index >= 15 is 0 Å². The summed E-state index contributed by atoms with van der Waals surface area (Å²) in [4.78, 5) is 44.4. The molecule has 8 heteroatoms. The van der Waals surface area contributed by atoms with Crippen molar-refractivity contribution >= 4 is 23.9 Å². The van der Waals surface area contributed by atoms with Crippen LogP contribution in [-0.4, -0.2) is 49.3 Å². The van der Waals surface area contributed by atoms with Crippen molar-refractivity contribution in [2.75, 3.05) is 13.2 Å². The maximum absolute atomic E-state index is 11.3. The van der Waals surface area contributed by atoms with Crippen LogP contribution in [-0.2, 0) is 38.1 Å². The average molecular weight is 314 g/mol. The lowest BCUT2D eigenvalue weighted by atomic mass is 10.4. The number of hydrogen-bond acceptors (Lipinski definition) is 8. The summed E-state index contributed by atoms with van der Waals surface area (Å²) in [5, 5.41) is 0. The second-order valence-corrected chi connectivity index (χ2v) is 4.10. The summed E-state index contributed by atoms with van der Waals surface area (Å²) in [5.41, 5.74) is 0. The summed E-state index contributed by atoms with van der Waals surface area (Å²) in [6.07, 6.45) is 0.432. The average Bonchev–Trinajstić information content (AvgIpc) is 2.49. The van der Waals surface area contributed by atoms with Gasteiger partial charge in [0.15, 0.2) is 0 Å². The Kier molecular flexibility index (Phi) is 8.92. The fraction of sp³-hybridized carbons (Fsp3) is 0.429. The van der Waals surface area contributed by atoms with Gasteiger partial charge < -0.3 is 18.9 Å². The first kappa shape index (κ1) is 19.4. The lowest BCUT2D eigenvalue weighted by molar-refractivity contribution is -0.173. The van der Waals surface area contributed by atoms with Gasteiger partial charge in [-0.05, 0) is 13.8 Å². The minimum atomic E-state index is -1.25. The highest BCUT2D eigenvalue weighted by molar-refractivity contribution is 6.29. The Morgan fingerprint density at radius 2 is 1.14 bits per heavy atom. The number of esters is 4. The number of carbonyl (C=O) groups is 4. The van der Waals surface area contributed by atoms with E-state index in [4.69, 9.17) is 9.47 Å². The van der Waals surface area contributed by atoms with Crippen molar-refractivity contribution in [3.8, 4) is 0 Å². The van der Waals surface area contributed by atoms with Crippen LogP contribution in [0.5, 0.6) is 0 Å². The second-order valence-electron chi connectivity index (χ2n) is 4.10. The highest BCUT2D eigenvalue weighted by Crippen LogP contribution is 1.98. The molecule has 0 radical (unpaired) electrons. The van der Waals surface area contributed by atoms with Crippen LogP contribution in [0.15, 0.2) is 25.3 Å². The molecule has 8 nitrogen and oxygen atoms in total. The summed E-state index contributed by atoms with van der Waals surface area (Å²) >= 11 is 0. The Hall–Kier alpha value is -2.64. The van der Waals surface area contributed by atoms with E-state index in [0.29, 0.717) is 0 Å². The fourth-order valence-electron chi connectivity index (χ4n) is 1.06. The monoisotopic (exact) mass is 314 g/mol. The second kappa shape index (κ2) is 10.1. The van der Waals surface area contributed by atoms with Gasteiger partial charge in [0.2, 0.25) is 0 Å². The van der Waals surface area contributed by atoms with Gasteiger partial charge in [0.05, 0.1) is 0 Å². The van der Waals surface area contributed by atoms with Gasteiger partial charge >= 0.3 is 23.9 Å². The summed E-state index contributed by atoms with van der Waals surface area (Å²) in [6.45, 7) is 8.73. The molecule has 0 spiro atoms. The minimum absolute atomic E-state index is 0.311. The number of carbonyl (C=O) groups excluding carboxylic acids is 4. The molecule has 2 atom stereocenters. The summed E-state index contributed by atoms with van der Waals surface area (Å²) in [5.74, 6) is -3.85. The van der Waals surface area contributed by atoms with Crippen molar-refractivity contribution in [3.05, 3.63) is 25.3 Å². The Labute approximate surface area is 127 Å². The van der Waals surface area contributed by atoms with E-state index in [1.165, 1.54) is 13.8 Å². The molecular formula is C14H18O8. The van der Waals surface area contributed by atoms with Crippen LogP contribution in [0.4, 0.5) is 0 Å². The van der Waals surface area contributed by atoms with Crippen LogP contribution in [0.3, 0.4) is 0 Å². The molecule has 0 N–H and O–H groups in total. The van der Waals surface area contributed by atoms with Gasteiger partial charge in [-0.2, -0.15) is 0 Å². The third kappa shape index (κ3) is 8.51. The molecule has 0 aromatic carbocycles.